The minimum Gasteiger partial charge on any atom is -0.481 e. The summed E-state index contributed by atoms with van der Waals surface area (Å²) < 4.78 is 11.2. The highest BCUT2D eigenvalue weighted by molar-refractivity contribution is 9.10. The number of anilines is 2. The number of piperidine rings is 2. The molecule has 0 bridgehead atoms. The third-order valence-corrected chi connectivity index (χ3v) is 15.6. The summed E-state index contributed by atoms with van der Waals surface area (Å²) in [5.74, 6) is 0.567. The van der Waals surface area contributed by atoms with Crippen LogP contribution in [0, 0.1) is 32.6 Å². The summed E-state index contributed by atoms with van der Waals surface area (Å²) in [6.07, 6.45) is 8.01. The lowest BCUT2D eigenvalue weighted by Gasteiger charge is -2.31. The zero-order chi connectivity index (χ0) is 55.4. The van der Waals surface area contributed by atoms with Crippen LogP contribution in [0.15, 0.2) is 132 Å². The average molecular weight is 1170 g/mol. The van der Waals surface area contributed by atoms with Crippen LogP contribution in [0.25, 0.3) is 16.6 Å². The molecule has 0 amide bonds. The number of fused-ring (bicyclic) bond motifs is 3. The molecule has 11 rings (SSSR count). The molecule has 0 aliphatic carbocycles. The maximum atomic E-state index is 13.4. The number of carboxylic acid groups (broad SMARTS) is 1. The van der Waals surface area contributed by atoms with Gasteiger partial charge in [-0.3, -0.25) is 37.2 Å². The molecule has 9 aromatic rings. The first-order valence-electron chi connectivity index (χ1n) is 25.4. The topological polar surface area (TPSA) is 173 Å². The Morgan fingerprint density at radius 2 is 0.885 bits per heavy atom. The number of aromatic nitrogens is 6. The number of ketones is 3. The molecule has 8 heterocycles. The summed E-state index contributed by atoms with van der Waals surface area (Å²) in [5, 5.41) is 10.5. The fraction of sp³-hybridized carbons (Fsp3) is 0.254. The summed E-state index contributed by atoms with van der Waals surface area (Å²) in [5.41, 5.74) is 6.42. The van der Waals surface area contributed by atoms with Gasteiger partial charge in [0.15, 0.2) is 29.1 Å². The lowest BCUT2D eigenvalue weighted by Crippen LogP contribution is -2.37. The molecule has 3 aromatic carbocycles. The van der Waals surface area contributed by atoms with E-state index < -0.39 is 5.97 Å². The van der Waals surface area contributed by atoms with Crippen molar-refractivity contribution in [2.24, 2.45) is 11.8 Å². The van der Waals surface area contributed by atoms with Gasteiger partial charge in [0, 0.05) is 61.5 Å². The molecule has 1 N–H and O–H groups in total. The smallest absolute Gasteiger partial charge is 0.309 e. The number of rotatable bonds is 11. The van der Waals surface area contributed by atoms with Crippen LogP contribution in [0.3, 0.4) is 0 Å². The van der Waals surface area contributed by atoms with E-state index in [1.165, 1.54) is 0 Å². The highest BCUT2D eigenvalue weighted by atomic mass is 79.9. The Labute approximate surface area is 473 Å². The number of hydrogen-bond acceptors (Lipinski definition) is 11. The second kappa shape index (κ2) is 24.1. The fourth-order valence-electron chi connectivity index (χ4n) is 10.0. The monoisotopic (exact) mass is 1170 g/mol. The van der Waals surface area contributed by atoms with Crippen LogP contribution in [-0.4, -0.2) is 95.3 Å². The van der Waals surface area contributed by atoms with Crippen molar-refractivity contribution >= 4 is 108 Å². The molecular weight excluding hydrogens is 1120 g/mol. The molecule has 400 valence electrons. The molecule has 0 radical (unpaired) electrons. The summed E-state index contributed by atoms with van der Waals surface area (Å²) in [6, 6.07) is 33.3. The van der Waals surface area contributed by atoms with E-state index in [9.17, 15) is 29.1 Å². The molecule has 0 spiro atoms. The predicted molar refractivity (Wildman–Crippen MR) is 306 cm³/mol. The molecule has 2 aliphatic heterocycles. The Hall–Kier alpha value is -7.37. The van der Waals surface area contributed by atoms with Gasteiger partial charge in [0.05, 0.1) is 50.1 Å². The van der Waals surface area contributed by atoms with E-state index in [0.29, 0.717) is 118 Å². The second-order valence-corrected chi connectivity index (χ2v) is 21.0. The number of aryl methyl sites for hydroxylation is 3. The van der Waals surface area contributed by atoms with Crippen molar-refractivity contribution in [3.05, 3.63) is 198 Å². The second-order valence-electron chi connectivity index (χ2n) is 19.0. The fourth-order valence-corrected chi connectivity index (χ4v) is 11.4. The Morgan fingerprint density at radius 3 is 1.26 bits per heavy atom. The maximum absolute atomic E-state index is 13.4. The Bertz CT molecular complexity index is 3700. The summed E-state index contributed by atoms with van der Waals surface area (Å²) in [4.78, 5) is 80.6. The van der Waals surface area contributed by atoms with Gasteiger partial charge in [-0.15, -0.1) is 0 Å². The lowest BCUT2D eigenvalue weighted by atomic mass is 9.97. The number of carbonyl (C=O) groups is 5. The van der Waals surface area contributed by atoms with Gasteiger partial charge in [-0.2, -0.15) is 0 Å². The Morgan fingerprint density at radius 1 is 0.526 bits per heavy atom. The van der Waals surface area contributed by atoms with E-state index in [-0.39, 0.29) is 35.2 Å². The number of imidazole rings is 3. The van der Waals surface area contributed by atoms with Crippen molar-refractivity contribution in [2.75, 3.05) is 42.6 Å². The average Bonchev–Trinajstić information content (AvgIpc) is 4.33. The van der Waals surface area contributed by atoms with Gasteiger partial charge in [-0.25, -0.2) is 15.0 Å². The van der Waals surface area contributed by atoms with Gasteiger partial charge in [0.1, 0.15) is 4.60 Å². The van der Waals surface area contributed by atoms with Crippen LogP contribution in [0.5, 0.6) is 0 Å². The van der Waals surface area contributed by atoms with Crippen molar-refractivity contribution in [3.63, 3.8) is 0 Å². The normalized spacial score (nSPS) is 13.9. The Balaban J connectivity index is 0.000000145. The number of aliphatic carboxylic acids is 1. The van der Waals surface area contributed by atoms with E-state index in [1.54, 1.807) is 27.0 Å². The van der Waals surface area contributed by atoms with Crippen molar-refractivity contribution in [3.8, 4) is 0 Å². The molecule has 6 aromatic heterocycles. The van der Waals surface area contributed by atoms with Crippen molar-refractivity contribution in [1.29, 1.82) is 0 Å². The number of carboxylic acids is 1. The number of halogens is 4. The van der Waals surface area contributed by atoms with Crippen molar-refractivity contribution in [2.45, 2.75) is 53.4 Å². The molecular formula is C59H54BrCl3N8O7. The highest BCUT2D eigenvalue weighted by Gasteiger charge is 2.32. The van der Waals surface area contributed by atoms with Crippen molar-refractivity contribution in [1.82, 2.24) is 28.2 Å². The predicted octanol–water partition coefficient (Wildman–Crippen LogP) is 12.4. The summed E-state index contributed by atoms with van der Waals surface area (Å²) in [7, 11) is 0. The third kappa shape index (κ3) is 11.3. The number of esters is 1. The van der Waals surface area contributed by atoms with Crippen LogP contribution in [0.4, 0.5) is 11.6 Å². The van der Waals surface area contributed by atoms with Crippen LogP contribution in [0.1, 0.15) is 97.8 Å². The minimum atomic E-state index is -0.751. The first-order valence-corrected chi connectivity index (χ1v) is 27.4. The van der Waals surface area contributed by atoms with Crippen molar-refractivity contribution < 1.29 is 33.8 Å². The van der Waals surface area contributed by atoms with E-state index in [0.717, 1.165) is 39.1 Å². The number of carbonyl (C=O) groups excluding carboxylic acids is 4. The zero-order valence-corrected chi connectivity index (χ0v) is 47.0. The first-order chi connectivity index (χ1) is 37.6. The van der Waals surface area contributed by atoms with Gasteiger partial charge in [-0.1, -0.05) is 89.4 Å². The molecule has 2 aliphatic rings. The highest BCUT2D eigenvalue weighted by Crippen LogP contribution is 2.33. The largest absolute Gasteiger partial charge is 0.481 e. The van der Waals surface area contributed by atoms with E-state index in [2.05, 4.69) is 35.7 Å². The SMILES string of the molecule is CCOC(=O)C1CCN(c2nc(C(=O)c3c(C)cccc3Cl)n3ccccc23)CC1.Cc1cccc(Cl)c1C(=O)c1nc(Br)c2ccccn12.Cc1cccc(Cl)c1C(=O)c1nc(N2CCC(C(=O)O)CC2)c2ccccn12. The van der Waals surface area contributed by atoms with Crippen LogP contribution in [-0.2, 0) is 14.3 Å². The van der Waals surface area contributed by atoms with Gasteiger partial charge in [0.25, 0.3) is 0 Å². The Kier molecular flexibility index (Phi) is 17.1. The van der Waals surface area contributed by atoms with Gasteiger partial charge in [0.2, 0.25) is 17.3 Å². The molecule has 0 unspecified atom stereocenters. The summed E-state index contributed by atoms with van der Waals surface area (Å²) in [6.45, 7) is 10.4. The zero-order valence-electron chi connectivity index (χ0n) is 43.1. The number of pyridine rings is 3. The number of benzene rings is 3. The molecule has 19 heteroatoms. The van der Waals surface area contributed by atoms with Gasteiger partial charge in [-0.05, 0) is 141 Å². The quantitative estimate of drug-likeness (QED) is 0.0960. The standard InChI is InChI=1S/C23H24ClN3O3.C21H20ClN3O3.C15H10BrClN2O/c1-3-30-23(29)16-10-13-26(14-11-16)21-18-9-4-5-12-27(18)22(25-21)20(28)19-15(2)7-6-8-17(19)24;1-13-5-4-6-15(22)17(13)18(26)20-23-19(16-7-2-3-10-25(16)20)24-11-8-14(9-12-24)21(27)28;1-9-5-4-6-10(17)12(9)13(20)15-18-14(16)11-7-2-3-8-19(11)15/h4-9,12,16H,3,10-11,13-14H2,1-2H3;2-7,10,14H,8-9,11-12H2,1H3,(H,27,28);2-8H,1H3. The van der Waals surface area contributed by atoms with Gasteiger partial charge < -0.3 is 19.6 Å². The molecule has 78 heavy (non-hydrogen) atoms. The number of hydrogen-bond donors (Lipinski definition) is 1. The molecule has 0 atom stereocenters. The molecule has 0 saturated carbocycles. The van der Waals surface area contributed by atoms with E-state index in [4.69, 9.17) is 44.5 Å². The van der Waals surface area contributed by atoms with Gasteiger partial charge >= 0.3 is 11.9 Å². The van der Waals surface area contributed by atoms with Crippen LogP contribution >= 0.6 is 50.7 Å². The molecule has 2 saturated heterocycles. The van der Waals surface area contributed by atoms with Crippen LogP contribution in [0.2, 0.25) is 15.1 Å². The third-order valence-electron chi connectivity index (χ3n) is 14.1. The number of ether oxygens (including phenoxy) is 1. The molecule has 15 nitrogen and oxygen atoms in total. The molecule has 2 fully saturated rings. The minimum absolute atomic E-state index is 0.0815. The number of nitrogens with zero attached hydrogens (tertiary/aromatic N) is 8. The van der Waals surface area contributed by atoms with E-state index >= 15 is 0 Å². The van der Waals surface area contributed by atoms with Crippen LogP contribution < -0.4 is 9.80 Å². The maximum Gasteiger partial charge on any atom is 0.309 e. The summed E-state index contributed by atoms with van der Waals surface area (Å²) >= 11 is 22.2. The lowest BCUT2D eigenvalue weighted by molar-refractivity contribution is -0.148. The van der Waals surface area contributed by atoms with E-state index in [1.807, 2.05) is 142 Å². The first kappa shape index (κ1) is 55.4.